The minimum absolute atomic E-state index is 1.17. The first kappa shape index (κ1) is 8.30. The van der Waals surface area contributed by atoms with Gasteiger partial charge < -0.3 is 0 Å². The molecule has 3 heteroatoms. The molecule has 1 aromatic carbocycles. The van der Waals surface area contributed by atoms with Gasteiger partial charge in [0.25, 0.3) is 0 Å². The van der Waals surface area contributed by atoms with Gasteiger partial charge in [0.1, 0.15) is 0 Å². The lowest BCUT2D eigenvalue weighted by atomic mass is 10.1. The number of rotatable bonds is 0. The van der Waals surface area contributed by atoms with Crippen LogP contribution in [0.25, 0.3) is 26.5 Å². The first-order valence-electron chi connectivity index (χ1n) is 5.17. The quantitative estimate of drug-likeness (QED) is 0.445. The van der Waals surface area contributed by atoms with Crippen LogP contribution in [0.4, 0.5) is 0 Å². The van der Waals surface area contributed by atoms with Gasteiger partial charge in [-0.2, -0.15) is 5.10 Å². The molecule has 4 rings (SSSR count). The van der Waals surface area contributed by atoms with Crippen LogP contribution in [0.15, 0.2) is 48.0 Å². The number of benzene rings is 1. The SMILES string of the molecule is c1ccc2c(c1)c1ccsc1c1ccnn21. The average Bonchev–Trinajstić information content (AvgIpc) is 2.98. The molecule has 3 aromatic heterocycles. The van der Waals surface area contributed by atoms with E-state index in [1.54, 1.807) is 11.3 Å². The second-order valence-electron chi connectivity index (χ2n) is 3.81. The summed E-state index contributed by atoms with van der Waals surface area (Å²) in [4.78, 5) is 0. The summed E-state index contributed by atoms with van der Waals surface area (Å²) in [7, 11) is 0. The predicted molar refractivity (Wildman–Crippen MR) is 68.1 cm³/mol. The number of nitrogens with zero attached hydrogens (tertiary/aromatic N) is 2. The van der Waals surface area contributed by atoms with Crippen LogP contribution in [0.1, 0.15) is 0 Å². The summed E-state index contributed by atoms with van der Waals surface area (Å²) < 4.78 is 3.34. The average molecular weight is 224 g/mol. The number of thiophene rings is 1. The second kappa shape index (κ2) is 2.83. The van der Waals surface area contributed by atoms with E-state index in [0.29, 0.717) is 0 Å². The third-order valence-electron chi connectivity index (χ3n) is 2.96. The van der Waals surface area contributed by atoms with Crippen LogP contribution < -0.4 is 0 Å². The molecule has 4 aromatic rings. The standard InChI is InChI=1S/C13H8N2S/c1-2-4-11-9(3-1)10-6-8-16-13(10)12-5-7-14-15(11)12/h1-8H. The molecule has 16 heavy (non-hydrogen) atoms. The second-order valence-corrected chi connectivity index (χ2v) is 4.72. The summed E-state index contributed by atoms with van der Waals surface area (Å²) >= 11 is 1.78. The maximum Gasteiger partial charge on any atom is 0.0847 e. The Labute approximate surface area is 95.7 Å². The van der Waals surface area contributed by atoms with E-state index < -0.39 is 0 Å². The van der Waals surface area contributed by atoms with E-state index in [0.717, 1.165) is 0 Å². The van der Waals surface area contributed by atoms with Gasteiger partial charge in [0.15, 0.2) is 0 Å². The normalized spacial score (nSPS) is 11.8. The Hall–Kier alpha value is -1.87. The zero-order valence-electron chi connectivity index (χ0n) is 8.42. The Bertz CT molecular complexity index is 741. The fourth-order valence-corrected chi connectivity index (χ4v) is 3.19. The van der Waals surface area contributed by atoms with Gasteiger partial charge in [-0.15, -0.1) is 11.3 Å². The molecule has 2 nitrogen and oxygen atoms in total. The van der Waals surface area contributed by atoms with Gasteiger partial charge in [-0.05, 0) is 23.6 Å². The molecule has 0 saturated carbocycles. The molecule has 0 bridgehead atoms. The summed E-state index contributed by atoms with van der Waals surface area (Å²) in [5.41, 5.74) is 2.37. The number of hydrogen-bond donors (Lipinski definition) is 0. The molecule has 0 radical (unpaired) electrons. The molecular formula is C13H8N2S. The van der Waals surface area contributed by atoms with E-state index in [1.165, 1.54) is 26.5 Å². The van der Waals surface area contributed by atoms with Crippen molar-refractivity contribution in [2.75, 3.05) is 0 Å². The third kappa shape index (κ3) is 0.888. The number of para-hydroxylation sites is 1. The monoisotopic (exact) mass is 224 g/mol. The minimum Gasteiger partial charge on any atom is -0.232 e. The van der Waals surface area contributed by atoms with Gasteiger partial charge in [0.05, 0.1) is 21.9 Å². The van der Waals surface area contributed by atoms with Gasteiger partial charge in [-0.1, -0.05) is 18.2 Å². The molecule has 0 N–H and O–H groups in total. The maximum atomic E-state index is 4.40. The lowest BCUT2D eigenvalue weighted by Crippen LogP contribution is -1.89. The van der Waals surface area contributed by atoms with Gasteiger partial charge >= 0.3 is 0 Å². The molecule has 0 atom stereocenters. The van der Waals surface area contributed by atoms with E-state index in [9.17, 15) is 0 Å². The highest BCUT2D eigenvalue weighted by Gasteiger charge is 2.08. The molecular weight excluding hydrogens is 216 g/mol. The zero-order chi connectivity index (χ0) is 10.5. The lowest BCUT2D eigenvalue weighted by Gasteiger charge is -2.03. The number of pyridine rings is 1. The Morgan fingerprint density at radius 2 is 1.88 bits per heavy atom. The van der Waals surface area contributed by atoms with E-state index in [1.807, 2.05) is 10.7 Å². The van der Waals surface area contributed by atoms with Gasteiger partial charge in [0, 0.05) is 10.8 Å². The molecule has 0 aliphatic carbocycles. The van der Waals surface area contributed by atoms with Gasteiger partial charge in [0.2, 0.25) is 0 Å². The van der Waals surface area contributed by atoms with E-state index in [4.69, 9.17) is 0 Å². The van der Waals surface area contributed by atoms with Crippen LogP contribution in [0.5, 0.6) is 0 Å². The summed E-state index contributed by atoms with van der Waals surface area (Å²) in [5.74, 6) is 0. The minimum atomic E-state index is 1.17. The van der Waals surface area contributed by atoms with Crippen molar-refractivity contribution in [3.8, 4) is 0 Å². The van der Waals surface area contributed by atoms with Crippen LogP contribution in [0.3, 0.4) is 0 Å². The molecule has 0 aliphatic rings. The van der Waals surface area contributed by atoms with Crippen molar-refractivity contribution < 1.29 is 0 Å². The lowest BCUT2D eigenvalue weighted by molar-refractivity contribution is 1.01. The smallest absolute Gasteiger partial charge is 0.0847 e. The van der Waals surface area contributed by atoms with Crippen molar-refractivity contribution in [1.82, 2.24) is 9.61 Å². The van der Waals surface area contributed by atoms with Crippen molar-refractivity contribution in [3.05, 3.63) is 48.0 Å². The van der Waals surface area contributed by atoms with Crippen LogP contribution in [-0.4, -0.2) is 9.61 Å². The fraction of sp³-hybridized carbons (Fsp3) is 0. The highest BCUT2D eigenvalue weighted by molar-refractivity contribution is 7.18. The molecule has 0 spiro atoms. The van der Waals surface area contributed by atoms with E-state index in [-0.39, 0.29) is 0 Å². The van der Waals surface area contributed by atoms with Crippen LogP contribution in [-0.2, 0) is 0 Å². The number of aromatic nitrogens is 2. The summed E-state index contributed by atoms with van der Waals surface area (Å²) in [5, 5.41) is 9.14. The third-order valence-corrected chi connectivity index (χ3v) is 3.90. The van der Waals surface area contributed by atoms with Crippen molar-refractivity contribution in [2.24, 2.45) is 0 Å². The Morgan fingerprint density at radius 1 is 0.938 bits per heavy atom. The van der Waals surface area contributed by atoms with Crippen LogP contribution >= 0.6 is 11.3 Å². The maximum absolute atomic E-state index is 4.40. The molecule has 0 unspecified atom stereocenters. The van der Waals surface area contributed by atoms with Crippen LogP contribution in [0.2, 0.25) is 0 Å². The Morgan fingerprint density at radius 3 is 2.88 bits per heavy atom. The molecule has 0 amide bonds. The fourth-order valence-electron chi connectivity index (χ4n) is 2.27. The van der Waals surface area contributed by atoms with E-state index in [2.05, 4.69) is 46.9 Å². The van der Waals surface area contributed by atoms with Gasteiger partial charge in [-0.3, -0.25) is 0 Å². The molecule has 0 aliphatic heterocycles. The Balaban J connectivity index is 2.51. The first-order chi connectivity index (χ1) is 7.95. The Kier molecular flexibility index (Phi) is 1.47. The van der Waals surface area contributed by atoms with Crippen LogP contribution in [0, 0.1) is 0 Å². The molecule has 3 heterocycles. The van der Waals surface area contributed by atoms with Gasteiger partial charge in [-0.25, -0.2) is 4.52 Å². The van der Waals surface area contributed by atoms with Crippen molar-refractivity contribution in [1.29, 1.82) is 0 Å². The van der Waals surface area contributed by atoms with Crippen molar-refractivity contribution in [3.63, 3.8) is 0 Å². The molecule has 0 saturated heterocycles. The predicted octanol–water partition coefficient (Wildman–Crippen LogP) is 3.70. The van der Waals surface area contributed by atoms with E-state index >= 15 is 0 Å². The summed E-state index contributed by atoms with van der Waals surface area (Å²) in [6, 6.07) is 12.7. The number of hydrogen-bond acceptors (Lipinski definition) is 2. The summed E-state index contributed by atoms with van der Waals surface area (Å²) in [6.07, 6.45) is 1.86. The largest absolute Gasteiger partial charge is 0.232 e. The topological polar surface area (TPSA) is 17.3 Å². The first-order valence-corrected chi connectivity index (χ1v) is 6.05. The van der Waals surface area contributed by atoms with Crippen molar-refractivity contribution in [2.45, 2.75) is 0 Å². The molecule has 0 fully saturated rings. The molecule has 76 valence electrons. The zero-order valence-corrected chi connectivity index (χ0v) is 9.24. The van der Waals surface area contributed by atoms with Crippen molar-refractivity contribution >= 4 is 37.8 Å². The summed E-state index contributed by atoms with van der Waals surface area (Å²) in [6.45, 7) is 0. The highest BCUT2D eigenvalue weighted by atomic mass is 32.1. The number of fused-ring (bicyclic) bond motifs is 6. The highest BCUT2D eigenvalue weighted by Crippen LogP contribution is 2.32.